The van der Waals surface area contributed by atoms with Crippen LogP contribution in [-0.4, -0.2) is 72.5 Å². The Bertz CT molecular complexity index is 689. The highest BCUT2D eigenvalue weighted by atomic mass is 16.2. The first kappa shape index (κ1) is 18.3. The van der Waals surface area contributed by atoms with Gasteiger partial charge in [0, 0.05) is 37.9 Å². The van der Waals surface area contributed by atoms with Gasteiger partial charge in [-0.2, -0.15) is 0 Å². The number of hydrogen-bond donors (Lipinski definition) is 1. The number of nitrogens with one attached hydrogen (secondary N) is 1. The predicted molar refractivity (Wildman–Crippen MR) is 106 cm³/mol. The summed E-state index contributed by atoms with van der Waals surface area (Å²) in [5, 5.41) is 2.99. The third kappa shape index (κ3) is 3.43. The van der Waals surface area contributed by atoms with E-state index < -0.39 is 0 Å². The minimum absolute atomic E-state index is 0.0624. The van der Waals surface area contributed by atoms with Crippen LogP contribution in [-0.2, 0) is 4.79 Å². The molecule has 1 N–H and O–H groups in total. The smallest absolute Gasteiger partial charge is 0.321 e. The third-order valence-corrected chi connectivity index (χ3v) is 6.71. The summed E-state index contributed by atoms with van der Waals surface area (Å²) in [4.78, 5) is 32.5. The molecule has 0 unspecified atom stereocenters. The van der Waals surface area contributed by atoms with Crippen molar-refractivity contribution in [3.05, 3.63) is 30.3 Å². The van der Waals surface area contributed by atoms with Crippen molar-refractivity contribution in [1.82, 2.24) is 14.7 Å². The number of amides is 3. The van der Waals surface area contributed by atoms with Crippen LogP contribution in [0.5, 0.6) is 0 Å². The fourth-order valence-corrected chi connectivity index (χ4v) is 5.15. The van der Waals surface area contributed by atoms with Crippen LogP contribution in [0, 0.1) is 5.41 Å². The van der Waals surface area contributed by atoms with Gasteiger partial charge in [0.2, 0.25) is 5.91 Å². The van der Waals surface area contributed by atoms with Crippen LogP contribution in [0.1, 0.15) is 32.1 Å². The van der Waals surface area contributed by atoms with Gasteiger partial charge in [0.1, 0.15) is 0 Å². The average Bonchev–Trinajstić information content (AvgIpc) is 3.27. The van der Waals surface area contributed by atoms with E-state index in [9.17, 15) is 9.59 Å². The van der Waals surface area contributed by atoms with Gasteiger partial charge in [-0.1, -0.05) is 18.2 Å². The molecule has 0 spiro atoms. The Kier molecular flexibility index (Phi) is 5.08. The molecular weight excluding hydrogens is 340 g/mol. The zero-order chi connectivity index (χ0) is 18.9. The van der Waals surface area contributed by atoms with Crippen molar-refractivity contribution in [2.45, 2.75) is 38.1 Å². The first-order valence-corrected chi connectivity index (χ1v) is 10.2. The van der Waals surface area contributed by atoms with Crippen LogP contribution < -0.4 is 5.32 Å². The number of anilines is 1. The average molecular weight is 370 g/mol. The molecule has 3 aliphatic heterocycles. The molecule has 3 amide bonds. The molecule has 0 aromatic heterocycles. The minimum atomic E-state index is -0.319. The van der Waals surface area contributed by atoms with Crippen LogP contribution >= 0.6 is 0 Å². The maximum absolute atomic E-state index is 13.4. The number of benzene rings is 1. The van der Waals surface area contributed by atoms with Gasteiger partial charge < -0.3 is 20.0 Å². The monoisotopic (exact) mass is 370 g/mol. The number of urea groups is 1. The lowest BCUT2D eigenvalue weighted by atomic mass is 9.75. The Morgan fingerprint density at radius 3 is 2.41 bits per heavy atom. The maximum Gasteiger partial charge on any atom is 0.321 e. The van der Waals surface area contributed by atoms with Gasteiger partial charge in [0.25, 0.3) is 0 Å². The topological polar surface area (TPSA) is 55.9 Å². The molecule has 3 saturated heterocycles. The van der Waals surface area contributed by atoms with Crippen molar-refractivity contribution in [2.75, 3.05) is 45.1 Å². The van der Waals surface area contributed by atoms with Crippen LogP contribution in [0.25, 0.3) is 0 Å². The minimum Gasteiger partial charge on any atom is -0.342 e. The van der Waals surface area contributed by atoms with Gasteiger partial charge in [0.15, 0.2) is 0 Å². The molecule has 4 rings (SSSR count). The number of nitrogens with zero attached hydrogens (tertiary/aromatic N) is 3. The number of carbonyl (C=O) groups is 2. The Hall–Kier alpha value is -2.08. The Morgan fingerprint density at radius 2 is 1.67 bits per heavy atom. The molecule has 3 fully saturated rings. The molecule has 0 radical (unpaired) electrons. The molecule has 0 saturated carbocycles. The van der Waals surface area contributed by atoms with E-state index in [-0.39, 0.29) is 17.5 Å². The first-order valence-electron chi connectivity index (χ1n) is 10.2. The standard InChI is InChI=1S/C21H30N4O2/c1-23-15-10-21(19(26)24-12-5-6-13-24)11-16-25(14-9-18(21)23)20(27)22-17-7-3-2-4-8-17/h2-4,7-8,18H,5-6,9-16H2,1H3,(H,22,27)/t18-,21-/m0/s1. The molecule has 1 aromatic rings. The molecule has 146 valence electrons. The van der Waals surface area contributed by atoms with Crippen molar-refractivity contribution in [1.29, 1.82) is 0 Å². The number of hydrogen-bond acceptors (Lipinski definition) is 3. The number of likely N-dealkylation sites (tertiary alicyclic amines) is 3. The summed E-state index contributed by atoms with van der Waals surface area (Å²) >= 11 is 0. The van der Waals surface area contributed by atoms with E-state index in [2.05, 4.69) is 22.2 Å². The highest BCUT2D eigenvalue weighted by Crippen LogP contribution is 2.45. The fraction of sp³-hybridized carbons (Fsp3) is 0.619. The summed E-state index contributed by atoms with van der Waals surface area (Å²) in [6, 6.07) is 9.75. The molecule has 6 heteroatoms. The molecule has 6 nitrogen and oxygen atoms in total. The van der Waals surface area contributed by atoms with Crippen molar-refractivity contribution >= 4 is 17.6 Å². The number of carbonyl (C=O) groups excluding carboxylic acids is 2. The van der Waals surface area contributed by atoms with E-state index in [1.54, 1.807) is 0 Å². The van der Waals surface area contributed by atoms with Gasteiger partial charge in [-0.15, -0.1) is 0 Å². The summed E-state index contributed by atoms with van der Waals surface area (Å²) in [5.74, 6) is 0.333. The predicted octanol–water partition coefficient (Wildman–Crippen LogP) is 2.63. The van der Waals surface area contributed by atoms with Crippen molar-refractivity contribution in [3.63, 3.8) is 0 Å². The number of para-hydroxylation sites is 1. The van der Waals surface area contributed by atoms with Gasteiger partial charge in [-0.25, -0.2) is 4.79 Å². The normalized spacial score (nSPS) is 28.7. The van der Waals surface area contributed by atoms with E-state index in [1.807, 2.05) is 35.2 Å². The summed E-state index contributed by atoms with van der Waals surface area (Å²) in [6.45, 7) is 4.11. The second-order valence-electron chi connectivity index (χ2n) is 8.22. The van der Waals surface area contributed by atoms with Crippen LogP contribution in [0.15, 0.2) is 30.3 Å². The van der Waals surface area contributed by atoms with Crippen molar-refractivity contribution < 1.29 is 9.59 Å². The lowest BCUT2D eigenvalue weighted by molar-refractivity contribution is -0.142. The zero-order valence-electron chi connectivity index (χ0n) is 16.2. The third-order valence-electron chi connectivity index (χ3n) is 6.71. The quantitative estimate of drug-likeness (QED) is 0.871. The molecule has 0 bridgehead atoms. The largest absolute Gasteiger partial charge is 0.342 e. The summed E-state index contributed by atoms with van der Waals surface area (Å²) in [5.41, 5.74) is 0.493. The SMILES string of the molecule is CN1CC[C@]2(C(=O)N3CCCC3)CCN(C(=O)Nc3ccccc3)CC[C@H]12. The second kappa shape index (κ2) is 7.50. The lowest BCUT2D eigenvalue weighted by Crippen LogP contribution is -2.49. The Balaban J connectivity index is 1.49. The van der Waals surface area contributed by atoms with E-state index in [1.165, 1.54) is 0 Å². The van der Waals surface area contributed by atoms with Gasteiger partial charge in [-0.3, -0.25) is 4.79 Å². The zero-order valence-corrected chi connectivity index (χ0v) is 16.2. The van der Waals surface area contributed by atoms with Crippen LogP contribution in [0.3, 0.4) is 0 Å². The molecule has 3 aliphatic rings. The highest BCUT2D eigenvalue weighted by Gasteiger charge is 2.54. The molecule has 1 aromatic carbocycles. The number of fused-ring (bicyclic) bond motifs is 1. The molecular formula is C21H30N4O2. The van der Waals surface area contributed by atoms with E-state index in [0.29, 0.717) is 19.0 Å². The van der Waals surface area contributed by atoms with Gasteiger partial charge in [-0.05, 0) is 57.8 Å². The summed E-state index contributed by atoms with van der Waals surface area (Å²) < 4.78 is 0. The molecule has 3 heterocycles. The Labute approximate surface area is 161 Å². The van der Waals surface area contributed by atoms with Gasteiger partial charge >= 0.3 is 6.03 Å². The van der Waals surface area contributed by atoms with Gasteiger partial charge in [0.05, 0.1) is 5.41 Å². The number of rotatable bonds is 2. The molecule has 27 heavy (non-hydrogen) atoms. The Morgan fingerprint density at radius 1 is 0.963 bits per heavy atom. The van der Waals surface area contributed by atoms with E-state index >= 15 is 0 Å². The van der Waals surface area contributed by atoms with Crippen LogP contribution in [0.2, 0.25) is 0 Å². The molecule has 2 atom stereocenters. The highest BCUT2D eigenvalue weighted by molar-refractivity contribution is 5.89. The fourth-order valence-electron chi connectivity index (χ4n) is 5.15. The molecule has 0 aliphatic carbocycles. The first-order chi connectivity index (χ1) is 13.1. The summed E-state index contributed by atoms with van der Waals surface area (Å²) in [7, 11) is 2.13. The van der Waals surface area contributed by atoms with Crippen LogP contribution in [0.4, 0.5) is 10.5 Å². The summed E-state index contributed by atoms with van der Waals surface area (Å²) in [6.07, 6.45) is 4.78. The van der Waals surface area contributed by atoms with Crippen molar-refractivity contribution in [2.24, 2.45) is 5.41 Å². The lowest BCUT2D eigenvalue weighted by Gasteiger charge is -2.37. The second-order valence-corrected chi connectivity index (χ2v) is 8.22. The van der Waals surface area contributed by atoms with Crippen molar-refractivity contribution in [3.8, 4) is 0 Å². The van der Waals surface area contributed by atoms with E-state index in [0.717, 1.165) is 57.4 Å². The maximum atomic E-state index is 13.4. The van der Waals surface area contributed by atoms with E-state index in [4.69, 9.17) is 0 Å².